The Morgan fingerprint density at radius 2 is 2.14 bits per heavy atom. The molecule has 6 nitrogen and oxygen atoms in total. The summed E-state index contributed by atoms with van der Waals surface area (Å²) >= 11 is 0. The van der Waals surface area contributed by atoms with Gasteiger partial charge in [0.1, 0.15) is 5.82 Å². The fraction of sp³-hybridized carbons (Fsp3) is 0.500. The Morgan fingerprint density at radius 1 is 1.25 bits per heavy atom. The Hall–Kier alpha value is -2.48. The van der Waals surface area contributed by atoms with Gasteiger partial charge in [0, 0.05) is 44.1 Å². The third-order valence-corrected chi connectivity index (χ3v) is 5.53. The number of nitrogens with one attached hydrogen (secondary N) is 1. The first kappa shape index (κ1) is 18.9. The van der Waals surface area contributed by atoms with Crippen LogP contribution in [0.25, 0.3) is 0 Å². The minimum atomic E-state index is -0.852. The van der Waals surface area contributed by atoms with E-state index < -0.39 is 11.6 Å². The van der Waals surface area contributed by atoms with E-state index in [9.17, 15) is 13.6 Å². The van der Waals surface area contributed by atoms with Gasteiger partial charge in [-0.3, -0.25) is 5.32 Å². The van der Waals surface area contributed by atoms with Crippen LogP contribution in [0.4, 0.5) is 19.4 Å². The number of nitrogens with zero attached hydrogens (tertiary/aromatic N) is 3. The molecular weight excluding hydrogens is 366 g/mol. The van der Waals surface area contributed by atoms with E-state index >= 15 is 0 Å². The number of carbonyl (C=O) groups excluding carboxylic acids is 1. The van der Waals surface area contributed by atoms with E-state index in [2.05, 4.69) is 10.4 Å². The first-order valence-electron chi connectivity index (χ1n) is 9.70. The van der Waals surface area contributed by atoms with Crippen LogP contribution in [0.1, 0.15) is 30.7 Å². The number of halogens is 2. The highest BCUT2D eigenvalue weighted by Crippen LogP contribution is 2.28. The lowest BCUT2D eigenvalue weighted by Crippen LogP contribution is -2.42. The standard InChI is InChI=1S/C20H24F2N4O2/c21-17-4-3-15(10-18(17)22)16-2-1-8-25(12-16)20(27)24-19-5-7-23-26(19)11-14-6-9-28-13-14/h3-5,7,10,14,16H,1-2,6,8-9,11-13H2,(H,24,27). The molecule has 1 aromatic heterocycles. The van der Waals surface area contributed by atoms with Crippen molar-refractivity contribution in [3.63, 3.8) is 0 Å². The van der Waals surface area contributed by atoms with Crippen LogP contribution in [0.3, 0.4) is 0 Å². The molecule has 0 spiro atoms. The topological polar surface area (TPSA) is 59.4 Å². The van der Waals surface area contributed by atoms with Crippen molar-refractivity contribution in [1.29, 1.82) is 0 Å². The second kappa shape index (κ2) is 8.26. The quantitative estimate of drug-likeness (QED) is 0.868. The number of piperidine rings is 1. The molecule has 28 heavy (non-hydrogen) atoms. The zero-order valence-electron chi connectivity index (χ0n) is 15.6. The molecule has 4 rings (SSSR count). The lowest BCUT2D eigenvalue weighted by Gasteiger charge is -2.33. The maximum Gasteiger partial charge on any atom is 0.323 e. The summed E-state index contributed by atoms with van der Waals surface area (Å²) in [5.74, 6) is -0.640. The van der Waals surface area contributed by atoms with Crippen molar-refractivity contribution < 1.29 is 18.3 Å². The summed E-state index contributed by atoms with van der Waals surface area (Å²) in [6, 6.07) is 5.57. The van der Waals surface area contributed by atoms with Crippen molar-refractivity contribution in [2.75, 3.05) is 31.6 Å². The fourth-order valence-electron chi connectivity index (χ4n) is 3.94. The predicted octanol–water partition coefficient (Wildman–Crippen LogP) is 3.61. The summed E-state index contributed by atoms with van der Waals surface area (Å²) in [6.45, 7) is 3.31. The van der Waals surface area contributed by atoms with Crippen LogP contribution in [0.15, 0.2) is 30.5 Å². The molecule has 2 amide bonds. The molecule has 0 aliphatic carbocycles. The first-order valence-corrected chi connectivity index (χ1v) is 9.70. The molecule has 2 unspecified atom stereocenters. The Morgan fingerprint density at radius 3 is 2.93 bits per heavy atom. The van der Waals surface area contributed by atoms with Gasteiger partial charge in [-0.15, -0.1) is 0 Å². The lowest BCUT2D eigenvalue weighted by molar-refractivity contribution is 0.181. The highest BCUT2D eigenvalue weighted by atomic mass is 19.2. The number of carbonyl (C=O) groups is 1. The smallest absolute Gasteiger partial charge is 0.323 e. The van der Waals surface area contributed by atoms with Crippen LogP contribution in [0.2, 0.25) is 0 Å². The Kier molecular flexibility index (Phi) is 5.57. The third kappa shape index (κ3) is 4.16. The minimum Gasteiger partial charge on any atom is -0.381 e. The van der Waals surface area contributed by atoms with Crippen LogP contribution in [0, 0.1) is 17.6 Å². The molecule has 2 saturated heterocycles. The second-order valence-electron chi connectivity index (χ2n) is 7.52. The summed E-state index contributed by atoms with van der Waals surface area (Å²) in [7, 11) is 0. The predicted molar refractivity (Wildman–Crippen MR) is 100 cm³/mol. The molecule has 2 atom stereocenters. The van der Waals surface area contributed by atoms with Crippen molar-refractivity contribution in [2.24, 2.45) is 5.92 Å². The summed E-state index contributed by atoms with van der Waals surface area (Å²) in [6.07, 6.45) is 4.32. The summed E-state index contributed by atoms with van der Waals surface area (Å²) in [5.41, 5.74) is 0.725. The summed E-state index contributed by atoms with van der Waals surface area (Å²) in [4.78, 5) is 14.5. The van der Waals surface area contributed by atoms with Gasteiger partial charge in [-0.05, 0) is 37.0 Å². The van der Waals surface area contributed by atoms with Gasteiger partial charge >= 0.3 is 6.03 Å². The molecule has 3 heterocycles. The number of hydrogen-bond donors (Lipinski definition) is 1. The molecule has 2 aliphatic heterocycles. The molecule has 2 aromatic rings. The minimum absolute atomic E-state index is 0.00449. The lowest BCUT2D eigenvalue weighted by atomic mass is 9.90. The summed E-state index contributed by atoms with van der Waals surface area (Å²) < 4.78 is 34.0. The van der Waals surface area contributed by atoms with Crippen molar-refractivity contribution >= 4 is 11.8 Å². The van der Waals surface area contributed by atoms with E-state index in [1.807, 2.05) is 0 Å². The average Bonchev–Trinajstić information content (AvgIpc) is 3.37. The zero-order valence-corrected chi connectivity index (χ0v) is 15.6. The molecule has 150 valence electrons. The zero-order chi connectivity index (χ0) is 19.5. The molecule has 1 aromatic carbocycles. The molecule has 2 fully saturated rings. The van der Waals surface area contributed by atoms with Crippen LogP contribution in [-0.2, 0) is 11.3 Å². The third-order valence-electron chi connectivity index (χ3n) is 5.53. The van der Waals surface area contributed by atoms with Gasteiger partial charge in [-0.2, -0.15) is 5.10 Å². The Balaban J connectivity index is 1.39. The van der Waals surface area contributed by atoms with E-state index in [0.717, 1.165) is 44.1 Å². The van der Waals surface area contributed by atoms with Gasteiger partial charge in [0.15, 0.2) is 11.6 Å². The Bertz CT molecular complexity index is 835. The molecule has 0 bridgehead atoms. The van der Waals surface area contributed by atoms with Gasteiger partial charge in [-0.25, -0.2) is 18.3 Å². The maximum absolute atomic E-state index is 13.6. The number of benzene rings is 1. The number of aromatic nitrogens is 2. The van der Waals surface area contributed by atoms with Gasteiger partial charge in [-0.1, -0.05) is 6.07 Å². The van der Waals surface area contributed by atoms with Crippen molar-refractivity contribution in [1.82, 2.24) is 14.7 Å². The van der Waals surface area contributed by atoms with Gasteiger partial charge < -0.3 is 9.64 Å². The molecular formula is C20H24F2N4O2. The van der Waals surface area contributed by atoms with Gasteiger partial charge in [0.05, 0.1) is 12.8 Å². The largest absolute Gasteiger partial charge is 0.381 e. The normalized spacial score (nSPS) is 22.4. The van der Waals surface area contributed by atoms with Crippen LogP contribution >= 0.6 is 0 Å². The number of hydrogen-bond acceptors (Lipinski definition) is 3. The number of rotatable bonds is 4. The Labute approximate surface area is 162 Å². The second-order valence-corrected chi connectivity index (χ2v) is 7.52. The summed E-state index contributed by atoms with van der Waals surface area (Å²) in [5, 5.41) is 7.25. The van der Waals surface area contributed by atoms with Crippen molar-refractivity contribution in [3.8, 4) is 0 Å². The number of amides is 2. The van der Waals surface area contributed by atoms with E-state index in [4.69, 9.17) is 4.74 Å². The molecule has 1 N–H and O–H groups in total. The number of ether oxygens (including phenoxy) is 1. The molecule has 2 aliphatic rings. The van der Waals surface area contributed by atoms with Crippen LogP contribution in [0.5, 0.6) is 0 Å². The number of likely N-dealkylation sites (tertiary alicyclic amines) is 1. The van der Waals surface area contributed by atoms with E-state index in [1.165, 1.54) is 6.07 Å². The van der Waals surface area contributed by atoms with E-state index in [0.29, 0.717) is 31.4 Å². The molecule has 0 saturated carbocycles. The van der Waals surface area contributed by atoms with Crippen LogP contribution in [-0.4, -0.2) is 47.0 Å². The van der Waals surface area contributed by atoms with Gasteiger partial charge in [0.25, 0.3) is 0 Å². The number of urea groups is 1. The maximum atomic E-state index is 13.6. The number of anilines is 1. The average molecular weight is 390 g/mol. The van der Waals surface area contributed by atoms with E-state index in [1.54, 1.807) is 27.9 Å². The van der Waals surface area contributed by atoms with Crippen molar-refractivity contribution in [2.45, 2.75) is 31.7 Å². The highest BCUT2D eigenvalue weighted by molar-refractivity contribution is 5.88. The SMILES string of the molecule is O=C(Nc1ccnn1CC1CCOC1)N1CCCC(c2ccc(F)c(F)c2)C1. The molecule has 0 radical (unpaired) electrons. The van der Waals surface area contributed by atoms with E-state index in [-0.39, 0.29) is 11.9 Å². The first-order chi connectivity index (χ1) is 13.6. The highest BCUT2D eigenvalue weighted by Gasteiger charge is 2.26. The van der Waals surface area contributed by atoms with Crippen LogP contribution < -0.4 is 5.32 Å². The molecule has 8 heteroatoms. The monoisotopic (exact) mass is 390 g/mol. The fourth-order valence-corrected chi connectivity index (χ4v) is 3.94. The van der Waals surface area contributed by atoms with Gasteiger partial charge in [0.2, 0.25) is 0 Å². The van der Waals surface area contributed by atoms with Crippen molar-refractivity contribution in [3.05, 3.63) is 47.7 Å².